The van der Waals surface area contributed by atoms with Crippen molar-refractivity contribution in [3.63, 3.8) is 0 Å². The van der Waals surface area contributed by atoms with E-state index >= 15 is 0 Å². The number of halogens is 1. The summed E-state index contributed by atoms with van der Waals surface area (Å²) < 4.78 is 6.26. The Kier molecular flexibility index (Phi) is 3.88. The Morgan fingerprint density at radius 3 is 2.58 bits per heavy atom. The van der Waals surface area contributed by atoms with Gasteiger partial charge in [-0.25, -0.2) is 0 Å². The molecule has 0 aliphatic carbocycles. The van der Waals surface area contributed by atoms with Crippen molar-refractivity contribution in [1.82, 2.24) is 5.32 Å². The molecule has 1 aromatic rings. The average Bonchev–Trinajstić information content (AvgIpc) is 2.32. The number of piperidine rings is 1. The smallest absolute Gasteiger partial charge is 0.170 e. The molecule has 0 radical (unpaired) electrons. The quantitative estimate of drug-likeness (QED) is 0.795. The predicted octanol–water partition coefficient (Wildman–Crippen LogP) is 2.81. The molecular formula is C15H20ClNO2. The molecule has 3 rings (SSSR count). The lowest BCUT2D eigenvalue weighted by molar-refractivity contribution is 0.0181. The summed E-state index contributed by atoms with van der Waals surface area (Å²) in [6.45, 7) is 5.93. The molecule has 19 heavy (non-hydrogen) atoms. The molecule has 1 aromatic carbocycles. The normalized spacial score (nSPS) is 20.4. The van der Waals surface area contributed by atoms with E-state index in [4.69, 9.17) is 4.74 Å². The zero-order chi connectivity index (χ0) is 12.8. The number of benzene rings is 1. The molecule has 0 aromatic heterocycles. The SMILES string of the molecule is Cc1cc(C)c2c(c1)C(=O)CC1(CCNCC1)O2.Cl. The molecule has 1 spiro atoms. The fourth-order valence-electron chi connectivity index (χ4n) is 3.10. The van der Waals surface area contributed by atoms with E-state index in [2.05, 4.69) is 11.4 Å². The first-order valence-electron chi connectivity index (χ1n) is 6.64. The number of hydrogen-bond acceptors (Lipinski definition) is 3. The minimum atomic E-state index is -0.255. The standard InChI is InChI=1S/C15H19NO2.ClH/c1-10-7-11(2)14-12(8-10)13(17)9-15(18-14)3-5-16-6-4-15;/h7-8,16H,3-6,9H2,1-2H3;1H. The second kappa shape index (κ2) is 5.14. The van der Waals surface area contributed by atoms with Gasteiger partial charge in [0.1, 0.15) is 11.4 Å². The van der Waals surface area contributed by atoms with E-state index in [9.17, 15) is 4.79 Å². The van der Waals surface area contributed by atoms with Gasteiger partial charge in [0.05, 0.1) is 12.0 Å². The fourth-order valence-corrected chi connectivity index (χ4v) is 3.10. The zero-order valence-corrected chi connectivity index (χ0v) is 12.2. The summed E-state index contributed by atoms with van der Waals surface area (Å²) in [5.74, 6) is 1.06. The third-order valence-electron chi connectivity index (χ3n) is 4.04. The van der Waals surface area contributed by atoms with Crippen molar-refractivity contribution in [2.75, 3.05) is 13.1 Å². The van der Waals surface area contributed by atoms with E-state index in [1.807, 2.05) is 19.9 Å². The first-order valence-corrected chi connectivity index (χ1v) is 6.64. The fraction of sp³-hybridized carbons (Fsp3) is 0.533. The largest absolute Gasteiger partial charge is 0.486 e. The highest BCUT2D eigenvalue weighted by Gasteiger charge is 2.41. The van der Waals surface area contributed by atoms with Gasteiger partial charge in [-0.2, -0.15) is 0 Å². The molecule has 3 nitrogen and oxygen atoms in total. The molecule has 0 unspecified atom stereocenters. The second-order valence-corrected chi connectivity index (χ2v) is 5.59. The molecule has 2 heterocycles. The van der Waals surface area contributed by atoms with Crippen LogP contribution >= 0.6 is 12.4 Å². The van der Waals surface area contributed by atoms with Crippen LogP contribution in [0.15, 0.2) is 12.1 Å². The highest BCUT2D eigenvalue weighted by Crippen LogP contribution is 2.40. The van der Waals surface area contributed by atoms with Gasteiger partial charge in [-0.15, -0.1) is 12.4 Å². The Balaban J connectivity index is 0.00000133. The number of aryl methyl sites for hydroxylation is 2. The van der Waals surface area contributed by atoms with Gasteiger partial charge in [-0.1, -0.05) is 6.07 Å². The Bertz CT molecular complexity index is 507. The maximum absolute atomic E-state index is 12.4. The number of hydrogen-bond donors (Lipinski definition) is 1. The van der Waals surface area contributed by atoms with Gasteiger partial charge >= 0.3 is 0 Å². The predicted molar refractivity (Wildman–Crippen MR) is 77.6 cm³/mol. The van der Waals surface area contributed by atoms with E-state index in [1.165, 1.54) is 0 Å². The van der Waals surface area contributed by atoms with E-state index in [0.717, 1.165) is 48.4 Å². The van der Waals surface area contributed by atoms with E-state index in [0.29, 0.717) is 6.42 Å². The van der Waals surface area contributed by atoms with Gasteiger partial charge < -0.3 is 10.1 Å². The molecule has 1 saturated heterocycles. The van der Waals surface area contributed by atoms with Crippen molar-refractivity contribution in [3.05, 3.63) is 28.8 Å². The van der Waals surface area contributed by atoms with Crippen molar-refractivity contribution in [2.45, 2.75) is 38.7 Å². The molecule has 0 atom stereocenters. The number of rotatable bonds is 0. The molecule has 0 amide bonds. The number of nitrogens with one attached hydrogen (secondary N) is 1. The molecule has 0 saturated carbocycles. The number of ketones is 1. The summed E-state index contributed by atoms with van der Waals surface area (Å²) in [4.78, 5) is 12.4. The molecule has 2 aliphatic heterocycles. The van der Waals surface area contributed by atoms with Crippen molar-refractivity contribution in [2.24, 2.45) is 0 Å². The monoisotopic (exact) mass is 281 g/mol. The third kappa shape index (κ3) is 2.49. The Morgan fingerprint density at radius 1 is 1.21 bits per heavy atom. The summed E-state index contributed by atoms with van der Waals surface area (Å²) in [5, 5.41) is 3.33. The minimum absolute atomic E-state index is 0. The number of carbonyl (C=O) groups excluding carboxylic acids is 1. The Labute approximate surface area is 120 Å². The van der Waals surface area contributed by atoms with Crippen LogP contribution in [0.3, 0.4) is 0 Å². The van der Waals surface area contributed by atoms with Crippen LogP contribution in [-0.4, -0.2) is 24.5 Å². The van der Waals surface area contributed by atoms with Crippen LogP contribution in [0.25, 0.3) is 0 Å². The lowest BCUT2D eigenvalue weighted by Gasteiger charge is -2.41. The summed E-state index contributed by atoms with van der Waals surface area (Å²) >= 11 is 0. The maximum atomic E-state index is 12.4. The number of carbonyl (C=O) groups is 1. The molecule has 4 heteroatoms. The number of Topliss-reactive ketones (excluding diaryl/α,β-unsaturated/α-hetero) is 1. The van der Waals surface area contributed by atoms with Crippen LogP contribution in [0.5, 0.6) is 5.75 Å². The summed E-state index contributed by atoms with van der Waals surface area (Å²) in [6.07, 6.45) is 2.38. The van der Waals surface area contributed by atoms with Crippen molar-refractivity contribution in [3.8, 4) is 5.75 Å². The van der Waals surface area contributed by atoms with Gasteiger partial charge in [-0.05, 0) is 44.1 Å². The van der Waals surface area contributed by atoms with Crippen LogP contribution in [0.1, 0.15) is 40.7 Å². The van der Waals surface area contributed by atoms with Crippen LogP contribution in [0, 0.1) is 13.8 Å². The minimum Gasteiger partial charge on any atom is -0.486 e. The van der Waals surface area contributed by atoms with Crippen LogP contribution in [0.2, 0.25) is 0 Å². The van der Waals surface area contributed by atoms with Gasteiger partial charge in [0, 0.05) is 12.8 Å². The maximum Gasteiger partial charge on any atom is 0.170 e. The van der Waals surface area contributed by atoms with Crippen molar-refractivity contribution in [1.29, 1.82) is 0 Å². The molecule has 0 bridgehead atoms. The van der Waals surface area contributed by atoms with Gasteiger partial charge in [0.2, 0.25) is 0 Å². The summed E-state index contributed by atoms with van der Waals surface area (Å²) in [6, 6.07) is 4.05. The van der Waals surface area contributed by atoms with Gasteiger partial charge in [0.25, 0.3) is 0 Å². The lowest BCUT2D eigenvalue weighted by atomic mass is 9.82. The Hall–Kier alpha value is -1.06. The first-order chi connectivity index (χ1) is 8.60. The van der Waals surface area contributed by atoms with E-state index in [-0.39, 0.29) is 23.8 Å². The number of ether oxygens (including phenoxy) is 1. The van der Waals surface area contributed by atoms with Gasteiger partial charge in [0.15, 0.2) is 5.78 Å². The highest BCUT2D eigenvalue weighted by molar-refractivity contribution is 6.01. The summed E-state index contributed by atoms with van der Waals surface area (Å²) in [7, 11) is 0. The molecular weight excluding hydrogens is 262 g/mol. The van der Waals surface area contributed by atoms with Crippen molar-refractivity contribution >= 4 is 18.2 Å². The second-order valence-electron chi connectivity index (χ2n) is 5.59. The molecule has 1 N–H and O–H groups in total. The summed E-state index contributed by atoms with van der Waals surface area (Å²) in [5.41, 5.74) is 2.73. The van der Waals surface area contributed by atoms with E-state index < -0.39 is 0 Å². The molecule has 1 fully saturated rings. The number of fused-ring (bicyclic) bond motifs is 1. The lowest BCUT2D eigenvalue weighted by Crippen LogP contribution is -2.49. The first kappa shape index (κ1) is 14.4. The highest BCUT2D eigenvalue weighted by atomic mass is 35.5. The molecule has 104 valence electrons. The van der Waals surface area contributed by atoms with Crippen molar-refractivity contribution < 1.29 is 9.53 Å². The van der Waals surface area contributed by atoms with Crippen LogP contribution < -0.4 is 10.1 Å². The topological polar surface area (TPSA) is 38.3 Å². The van der Waals surface area contributed by atoms with E-state index in [1.54, 1.807) is 0 Å². The zero-order valence-electron chi connectivity index (χ0n) is 11.4. The van der Waals surface area contributed by atoms with Crippen LogP contribution in [0.4, 0.5) is 0 Å². The van der Waals surface area contributed by atoms with Gasteiger partial charge in [-0.3, -0.25) is 4.79 Å². The molecule has 2 aliphatic rings. The van der Waals surface area contributed by atoms with Crippen LogP contribution in [-0.2, 0) is 0 Å². The average molecular weight is 282 g/mol. The Morgan fingerprint density at radius 2 is 1.89 bits per heavy atom. The third-order valence-corrected chi connectivity index (χ3v) is 4.04.